The zero-order valence-electron chi connectivity index (χ0n) is 9.75. The van der Waals surface area contributed by atoms with Gasteiger partial charge in [-0.25, -0.2) is 13.8 Å². The number of benzene rings is 2. The van der Waals surface area contributed by atoms with Crippen molar-refractivity contribution < 1.29 is 8.78 Å². The first kappa shape index (κ1) is 13.5. The van der Waals surface area contributed by atoms with Crippen LogP contribution in [0.15, 0.2) is 30.3 Å². The zero-order valence-corrected chi connectivity index (χ0v) is 12.1. The van der Waals surface area contributed by atoms with Crippen LogP contribution in [0.4, 0.5) is 19.6 Å². The van der Waals surface area contributed by atoms with E-state index in [4.69, 9.17) is 23.2 Å². The quantitative estimate of drug-likeness (QED) is 0.616. The molecule has 2 aromatic carbocycles. The SMILES string of the molecule is Fc1ccc2nc(Nc3cc(Cl)c(F)c(Cl)c3)sc2c1. The third kappa shape index (κ3) is 2.57. The van der Waals surface area contributed by atoms with E-state index >= 15 is 0 Å². The summed E-state index contributed by atoms with van der Waals surface area (Å²) in [4.78, 5) is 4.29. The van der Waals surface area contributed by atoms with Crippen molar-refractivity contribution in [3.63, 3.8) is 0 Å². The minimum Gasteiger partial charge on any atom is -0.331 e. The molecule has 0 saturated carbocycles. The van der Waals surface area contributed by atoms with Gasteiger partial charge in [-0.3, -0.25) is 0 Å². The Bertz CT molecular complexity index is 781. The van der Waals surface area contributed by atoms with Crippen LogP contribution in [0.5, 0.6) is 0 Å². The lowest BCUT2D eigenvalue weighted by Crippen LogP contribution is -1.91. The minimum atomic E-state index is -0.662. The fourth-order valence-electron chi connectivity index (χ4n) is 1.70. The van der Waals surface area contributed by atoms with Crippen LogP contribution in [0.3, 0.4) is 0 Å². The summed E-state index contributed by atoms with van der Waals surface area (Å²) in [5.41, 5.74) is 1.19. The number of nitrogens with zero attached hydrogens (tertiary/aromatic N) is 1. The number of fused-ring (bicyclic) bond motifs is 1. The molecule has 0 spiro atoms. The summed E-state index contributed by atoms with van der Waals surface area (Å²) in [6.45, 7) is 0. The third-order valence-electron chi connectivity index (χ3n) is 2.59. The molecule has 20 heavy (non-hydrogen) atoms. The molecule has 3 rings (SSSR count). The largest absolute Gasteiger partial charge is 0.331 e. The van der Waals surface area contributed by atoms with Gasteiger partial charge in [0.25, 0.3) is 0 Å². The van der Waals surface area contributed by atoms with Crippen LogP contribution in [-0.2, 0) is 0 Å². The number of nitrogens with one attached hydrogen (secondary N) is 1. The average molecular weight is 331 g/mol. The molecule has 0 bridgehead atoms. The summed E-state index contributed by atoms with van der Waals surface area (Å²) in [5.74, 6) is -0.981. The van der Waals surface area contributed by atoms with Gasteiger partial charge in [0, 0.05) is 5.69 Å². The average Bonchev–Trinajstić information content (AvgIpc) is 2.77. The molecular weight excluding hydrogens is 325 g/mol. The molecule has 7 heteroatoms. The third-order valence-corrected chi connectivity index (χ3v) is 4.07. The van der Waals surface area contributed by atoms with Crippen LogP contribution in [0.25, 0.3) is 10.2 Å². The van der Waals surface area contributed by atoms with Crippen molar-refractivity contribution in [1.82, 2.24) is 4.98 Å². The highest BCUT2D eigenvalue weighted by atomic mass is 35.5. The van der Waals surface area contributed by atoms with Crippen molar-refractivity contribution in [2.24, 2.45) is 0 Å². The normalized spacial score (nSPS) is 11.0. The number of aromatic nitrogens is 1. The molecule has 0 saturated heterocycles. The van der Waals surface area contributed by atoms with Crippen LogP contribution >= 0.6 is 34.5 Å². The van der Waals surface area contributed by atoms with Gasteiger partial charge in [0.05, 0.1) is 20.3 Å². The van der Waals surface area contributed by atoms with Gasteiger partial charge >= 0.3 is 0 Å². The van der Waals surface area contributed by atoms with Crippen molar-refractivity contribution >= 4 is 55.6 Å². The summed E-state index contributed by atoms with van der Waals surface area (Å²) in [6, 6.07) is 7.17. The maximum Gasteiger partial charge on any atom is 0.188 e. The lowest BCUT2D eigenvalue weighted by Gasteiger charge is -2.05. The van der Waals surface area contributed by atoms with Crippen LogP contribution in [0.2, 0.25) is 10.0 Å². The van der Waals surface area contributed by atoms with E-state index < -0.39 is 5.82 Å². The van der Waals surface area contributed by atoms with Crippen molar-refractivity contribution in [3.05, 3.63) is 52.0 Å². The van der Waals surface area contributed by atoms with Crippen molar-refractivity contribution in [1.29, 1.82) is 0 Å². The molecular formula is C13H6Cl2F2N2S. The number of hydrogen-bond acceptors (Lipinski definition) is 3. The van der Waals surface area contributed by atoms with Crippen molar-refractivity contribution in [2.45, 2.75) is 0 Å². The van der Waals surface area contributed by atoms with Crippen LogP contribution < -0.4 is 5.32 Å². The topological polar surface area (TPSA) is 24.9 Å². The Hall–Kier alpha value is -1.43. The number of thiazole rings is 1. The van der Waals surface area contributed by atoms with E-state index in [2.05, 4.69) is 10.3 Å². The Morgan fingerprint density at radius 1 is 1.05 bits per heavy atom. The van der Waals surface area contributed by atoms with Gasteiger partial charge in [-0.15, -0.1) is 0 Å². The molecule has 2 nitrogen and oxygen atoms in total. The van der Waals surface area contributed by atoms with Gasteiger partial charge in [-0.1, -0.05) is 34.5 Å². The second-order valence-electron chi connectivity index (χ2n) is 4.01. The molecule has 0 radical (unpaired) electrons. The van der Waals surface area contributed by atoms with Crippen LogP contribution in [0, 0.1) is 11.6 Å². The second kappa shape index (κ2) is 5.16. The maximum atomic E-state index is 13.3. The monoisotopic (exact) mass is 330 g/mol. The number of halogens is 4. The molecule has 0 aliphatic carbocycles. The number of hydrogen-bond donors (Lipinski definition) is 1. The van der Waals surface area contributed by atoms with Gasteiger partial charge in [-0.05, 0) is 30.3 Å². The Morgan fingerprint density at radius 2 is 1.75 bits per heavy atom. The van der Waals surface area contributed by atoms with Gasteiger partial charge < -0.3 is 5.32 Å². The van der Waals surface area contributed by atoms with Gasteiger partial charge in [0.1, 0.15) is 5.82 Å². The zero-order chi connectivity index (χ0) is 14.3. The summed E-state index contributed by atoms with van der Waals surface area (Å²) in [5, 5.41) is 3.36. The standard InChI is InChI=1S/C13H6Cl2F2N2S/c14-8-4-7(5-9(15)12(8)17)18-13-19-10-2-1-6(16)3-11(10)20-13/h1-5H,(H,18,19). The Morgan fingerprint density at radius 3 is 2.45 bits per heavy atom. The summed E-state index contributed by atoms with van der Waals surface area (Å²) in [6.07, 6.45) is 0. The fourth-order valence-corrected chi connectivity index (χ4v) is 3.10. The summed E-state index contributed by atoms with van der Waals surface area (Å²) >= 11 is 12.7. The molecule has 1 aromatic heterocycles. The van der Waals surface area contributed by atoms with Crippen molar-refractivity contribution in [2.75, 3.05) is 5.32 Å². The van der Waals surface area contributed by atoms with E-state index in [-0.39, 0.29) is 15.9 Å². The molecule has 0 atom stereocenters. The molecule has 1 heterocycles. The van der Waals surface area contributed by atoms with Crippen LogP contribution in [0.1, 0.15) is 0 Å². The van der Waals surface area contributed by atoms with Gasteiger partial charge in [0.15, 0.2) is 10.9 Å². The molecule has 0 unspecified atom stereocenters. The highest BCUT2D eigenvalue weighted by molar-refractivity contribution is 7.22. The first-order chi connectivity index (χ1) is 9.52. The van der Waals surface area contributed by atoms with E-state index in [0.29, 0.717) is 21.0 Å². The molecule has 0 aliphatic rings. The molecule has 0 fully saturated rings. The molecule has 3 aromatic rings. The van der Waals surface area contributed by atoms with E-state index in [1.807, 2.05) is 0 Å². The molecule has 0 aliphatic heterocycles. The molecule has 0 amide bonds. The Labute approximate surface area is 127 Å². The Balaban J connectivity index is 1.96. The second-order valence-corrected chi connectivity index (χ2v) is 5.85. The first-order valence-corrected chi connectivity index (χ1v) is 7.08. The predicted molar refractivity (Wildman–Crippen MR) is 79.3 cm³/mol. The lowest BCUT2D eigenvalue weighted by atomic mass is 10.3. The smallest absolute Gasteiger partial charge is 0.188 e. The fraction of sp³-hybridized carbons (Fsp3) is 0. The van der Waals surface area contributed by atoms with Gasteiger partial charge in [-0.2, -0.15) is 0 Å². The maximum absolute atomic E-state index is 13.3. The predicted octanol–water partition coefficient (Wildman–Crippen LogP) is 5.62. The summed E-state index contributed by atoms with van der Waals surface area (Å²) in [7, 11) is 0. The van der Waals surface area contributed by atoms with Gasteiger partial charge in [0.2, 0.25) is 0 Å². The summed E-state index contributed by atoms with van der Waals surface area (Å²) < 4.78 is 27.1. The Kier molecular flexibility index (Phi) is 3.50. The lowest BCUT2D eigenvalue weighted by molar-refractivity contribution is 0.629. The first-order valence-electron chi connectivity index (χ1n) is 5.50. The van der Waals surface area contributed by atoms with E-state index in [0.717, 1.165) is 0 Å². The van der Waals surface area contributed by atoms with E-state index in [1.165, 1.54) is 35.6 Å². The molecule has 1 N–H and O–H groups in total. The highest BCUT2D eigenvalue weighted by Gasteiger charge is 2.10. The van der Waals surface area contributed by atoms with E-state index in [9.17, 15) is 8.78 Å². The minimum absolute atomic E-state index is 0.0767. The van der Waals surface area contributed by atoms with E-state index in [1.54, 1.807) is 6.07 Å². The number of anilines is 2. The highest BCUT2D eigenvalue weighted by Crippen LogP contribution is 2.32. The van der Waals surface area contributed by atoms with Crippen LogP contribution in [-0.4, -0.2) is 4.98 Å². The number of rotatable bonds is 2. The molecule has 102 valence electrons. The van der Waals surface area contributed by atoms with Crippen molar-refractivity contribution in [3.8, 4) is 0 Å².